The van der Waals surface area contributed by atoms with Gasteiger partial charge >= 0.3 is 0 Å². The smallest absolute Gasteiger partial charge is 0.154 e. The largest absolute Gasteiger partial charge is 0.387 e. The molecule has 92 valence electrons. The zero-order chi connectivity index (χ0) is 12.0. The van der Waals surface area contributed by atoms with Crippen molar-refractivity contribution in [2.75, 3.05) is 0 Å². The number of hydrogen-bond acceptors (Lipinski definition) is 3. The van der Waals surface area contributed by atoms with Gasteiger partial charge in [0.05, 0.1) is 6.10 Å². The summed E-state index contributed by atoms with van der Waals surface area (Å²) in [6.45, 7) is 2.20. The van der Waals surface area contributed by atoms with Crippen molar-refractivity contribution in [3.63, 3.8) is 0 Å². The summed E-state index contributed by atoms with van der Waals surface area (Å²) in [5.41, 5.74) is 0.774. The van der Waals surface area contributed by atoms with Crippen molar-refractivity contribution in [1.82, 2.24) is 15.0 Å². The Bertz CT molecular complexity index is 295. The second-order valence-electron chi connectivity index (χ2n) is 4.11. The fourth-order valence-electron chi connectivity index (χ4n) is 1.77. The topological polar surface area (TPSA) is 50.9 Å². The van der Waals surface area contributed by atoms with E-state index in [1.54, 1.807) is 11.7 Å². The van der Waals surface area contributed by atoms with Gasteiger partial charge in [0.2, 0.25) is 0 Å². The highest BCUT2D eigenvalue weighted by Crippen LogP contribution is 2.24. The van der Waals surface area contributed by atoms with Crippen LogP contribution >= 0.6 is 15.9 Å². The summed E-state index contributed by atoms with van der Waals surface area (Å²) in [4.78, 5) is 0. The van der Waals surface area contributed by atoms with Crippen LogP contribution in [0.15, 0.2) is 4.60 Å². The molecule has 0 aromatic carbocycles. The summed E-state index contributed by atoms with van der Waals surface area (Å²) in [6, 6.07) is 0. The molecule has 1 atom stereocenters. The molecule has 0 spiro atoms. The summed E-state index contributed by atoms with van der Waals surface area (Å²) in [5, 5.41) is 17.7. The zero-order valence-electron chi connectivity index (χ0n) is 9.99. The molecule has 1 rings (SSSR count). The van der Waals surface area contributed by atoms with E-state index in [4.69, 9.17) is 0 Å². The van der Waals surface area contributed by atoms with Crippen LogP contribution in [0.25, 0.3) is 0 Å². The minimum Gasteiger partial charge on any atom is -0.387 e. The monoisotopic (exact) mass is 289 g/mol. The van der Waals surface area contributed by atoms with Crippen molar-refractivity contribution >= 4 is 15.9 Å². The van der Waals surface area contributed by atoms with E-state index in [9.17, 15) is 5.11 Å². The molecular weight excluding hydrogens is 270 g/mol. The van der Waals surface area contributed by atoms with Crippen molar-refractivity contribution in [3.8, 4) is 0 Å². The van der Waals surface area contributed by atoms with E-state index in [-0.39, 0.29) is 0 Å². The first-order valence-corrected chi connectivity index (χ1v) is 6.69. The highest BCUT2D eigenvalue weighted by molar-refractivity contribution is 9.10. The normalized spacial score (nSPS) is 13.0. The van der Waals surface area contributed by atoms with E-state index in [2.05, 4.69) is 33.2 Å². The molecule has 0 saturated heterocycles. The Morgan fingerprint density at radius 3 is 2.56 bits per heavy atom. The number of aromatic nitrogens is 3. The number of aliphatic hydroxyl groups excluding tert-OH is 1. The van der Waals surface area contributed by atoms with Crippen LogP contribution in [0.4, 0.5) is 0 Å². The molecule has 0 saturated carbocycles. The Balaban J connectivity index is 2.32. The third-order valence-corrected chi connectivity index (χ3v) is 3.29. The van der Waals surface area contributed by atoms with Gasteiger partial charge in [0, 0.05) is 7.05 Å². The average Bonchev–Trinajstić information content (AvgIpc) is 2.58. The molecule has 0 bridgehead atoms. The lowest BCUT2D eigenvalue weighted by atomic mass is 10.1. The molecule has 0 aliphatic rings. The number of halogens is 1. The molecule has 0 aliphatic carbocycles. The van der Waals surface area contributed by atoms with Crippen LogP contribution in [0.5, 0.6) is 0 Å². The molecule has 4 nitrogen and oxygen atoms in total. The summed E-state index contributed by atoms with van der Waals surface area (Å²) in [6.07, 6.45) is 6.35. The van der Waals surface area contributed by atoms with Gasteiger partial charge in [0.25, 0.3) is 0 Å². The molecule has 1 aromatic rings. The number of nitrogens with zero attached hydrogens (tertiary/aromatic N) is 3. The summed E-state index contributed by atoms with van der Waals surface area (Å²) < 4.78 is 2.27. The Kier molecular flexibility index (Phi) is 5.98. The van der Waals surface area contributed by atoms with Gasteiger partial charge in [-0.05, 0) is 22.4 Å². The van der Waals surface area contributed by atoms with E-state index in [1.807, 2.05) is 0 Å². The molecule has 0 fully saturated rings. The SMILES string of the molecule is CCCCCCCC(O)c1c(Br)nnn1C. The van der Waals surface area contributed by atoms with Gasteiger partial charge in [0.15, 0.2) is 4.60 Å². The Hall–Kier alpha value is -0.420. The second-order valence-corrected chi connectivity index (χ2v) is 4.86. The Morgan fingerprint density at radius 2 is 2.00 bits per heavy atom. The first kappa shape index (κ1) is 13.6. The van der Waals surface area contributed by atoms with Crippen molar-refractivity contribution in [2.45, 2.75) is 51.6 Å². The number of hydrogen-bond donors (Lipinski definition) is 1. The van der Waals surface area contributed by atoms with E-state index < -0.39 is 6.10 Å². The van der Waals surface area contributed by atoms with Gasteiger partial charge in [-0.1, -0.05) is 44.2 Å². The lowest BCUT2D eigenvalue weighted by Gasteiger charge is -2.10. The maximum Gasteiger partial charge on any atom is 0.154 e. The van der Waals surface area contributed by atoms with Gasteiger partial charge in [-0.3, -0.25) is 0 Å². The van der Waals surface area contributed by atoms with Crippen LogP contribution in [-0.4, -0.2) is 20.1 Å². The standard InChI is InChI=1S/C11H20BrN3O/c1-3-4-5-6-7-8-9(16)10-11(12)13-14-15(10)2/h9,16H,3-8H2,1-2H3. The van der Waals surface area contributed by atoms with E-state index >= 15 is 0 Å². The first-order chi connectivity index (χ1) is 7.66. The maximum atomic E-state index is 10.00. The van der Waals surface area contributed by atoms with Crippen molar-refractivity contribution in [1.29, 1.82) is 0 Å². The van der Waals surface area contributed by atoms with Crippen LogP contribution in [0.1, 0.15) is 57.2 Å². The van der Waals surface area contributed by atoms with Crippen LogP contribution in [0.3, 0.4) is 0 Å². The predicted molar refractivity (Wildman–Crippen MR) is 67.0 cm³/mol. The number of unbranched alkanes of at least 4 members (excludes halogenated alkanes) is 4. The highest BCUT2D eigenvalue weighted by atomic mass is 79.9. The van der Waals surface area contributed by atoms with Crippen LogP contribution in [0, 0.1) is 0 Å². The zero-order valence-corrected chi connectivity index (χ0v) is 11.6. The van der Waals surface area contributed by atoms with Gasteiger partial charge in [-0.15, -0.1) is 5.10 Å². The molecule has 16 heavy (non-hydrogen) atoms. The fourth-order valence-corrected chi connectivity index (χ4v) is 2.36. The number of aliphatic hydroxyl groups is 1. The van der Waals surface area contributed by atoms with E-state index in [0.29, 0.717) is 4.60 Å². The molecule has 1 aromatic heterocycles. The number of rotatable bonds is 7. The third-order valence-electron chi connectivity index (χ3n) is 2.72. The summed E-state index contributed by atoms with van der Waals surface area (Å²) >= 11 is 3.30. The molecule has 5 heteroatoms. The van der Waals surface area contributed by atoms with Gasteiger partial charge in [-0.25, -0.2) is 4.68 Å². The van der Waals surface area contributed by atoms with E-state index in [0.717, 1.165) is 18.5 Å². The van der Waals surface area contributed by atoms with Crippen molar-refractivity contribution in [2.24, 2.45) is 7.05 Å². The van der Waals surface area contributed by atoms with Crippen LogP contribution < -0.4 is 0 Å². The fraction of sp³-hybridized carbons (Fsp3) is 0.818. The van der Waals surface area contributed by atoms with Gasteiger partial charge < -0.3 is 5.11 Å². The Labute approximate surface area is 105 Å². The molecule has 1 N–H and O–H groups in total. The Morgan fingerprint density at radius 1 is 1.31 bits per heavy atom. The van der Waals surface area contributed by atoms with Crippen LogP contribution in [-0.2, 0) is 7.05 Å². The minimum atomic E-state index is -0.462. The lowest BCUT2D eigenvalue weighted by Crippen LogP contribution is -2.05. The maximum absolute atomic E-state index is 10.00. The lowest BCUT2D eigenvalue weighted by molar-refractivity contribution is 0.153. The second kappa shape index (κ2) is 7.01. The third kappa shape index (κ3) is 3.87. The summed E-state index contributed by atoms with van der Waals surface area (Å²) in [7, 11) is 1.80. The van der Waals surface area contributed by atoms with Crippen molar-refractivity contribution in [3.05, 3.63) is 10.3 Å². The van der Waals surface area contributed by atoms with Gasteiger partial charge in [-0.2, -0.15) is 0 Å². The molecule has 0 amide bonds. The molecule has 0 aliphatic heterocycles. The first-order valence-electron chi connectivity index (χ1n) is 5.90. The molecular formula is C11H20BrN3O. The van der Waals surface area contributed by atoms with Gasteiger partial charge in [0.1, 0.15) is 5.69 Å². The average molecular weight is 290 g/mol. The quantitative estimate of drug-likeness (QED) is 0.785. The predicted octanol–water partition coefficient (Wildman–Crippen LogP) is 2.97. The van der Waals surface area contributed by atoms with Crippen molar-refractivity contribution < 1.29 is 5.11 Å². The highest BCUT2D eigenvalue weighted by Gasteiger charge is 2.16. The molecule has 0 radical (unpaired) electrons. The number of aryl methyl sites for hydroxylation is 1. The molecule has 1 heterocycles. The summed E-state index contributed by atoms with van der Waals surface area (Å²) in [5.74, 6) is 0. The van der Waals surface area contributed by atoms with Crippen LogP contribution in [0.2, 0.25) is 0 Å². The molecule has 1 unspecified atom stereocenters. The van der Waals surface area contributed by atoms with E-state index in [1.165, 1.54) is 25.7 Å². The minimum absolute atomic E-state index is 0.462.